The molecule has 2 aliphatic rings. The number of carbonyl (C=O) groups excluding carboxylic acids is 1. The van der Waals surface area contributed by atoms with Gasteiger partial charge in [-0.15, -0.1) is 0 Å². The molecule has 0 aliphatic carbocycles. The van der Waals surface area contributed by atoms with Gasteiger partial charge in [0.1, 0.15) is 5.69 Å². The van der Waals surface area contributed by atoms with Gasteiger partial charge in [-0.2, -0.15) is 0 Å². The number of anilines is 1. The Morgan fingerprint density at radius 1 is 1.32 bits per heavy atom. The number of hydrogen-bond donors (Lipinski definition) is 3. The molecule has 148 valence electrons. The van der Waals surface area contributed by atoms with E-state index in [0.29, 0.717) is 36.2 Å². The Bertz CT molecular complexity index is 812. The van der Waals surface area contributed by atoms with Gasteiger partial charge in [0.25, 0.3) is 5.91 Å². The number of nitrogens with zero attached hydrogens (tertiary/aromatic N) is 3. The summed E-state index contributed by atoms with van der Waals surface area (Å²) in [7, 11) is 0. The van der Waals surface area contributed by atoms with E-state index in [2.05, 4.69) is 44.9 Å². The Morgan fingerprint density at radius 3 is 3.00 bits per heavy atom. The minimum absolute atomic E-state index is 0.162. The van der Waals surface area contributed by atoms with Crippen LogP contribution in [0.15, 0.2) is 42.9 Å². The maximum absolute atomic E-state index is 12.5. The average molecular weight is 380 g/mol. The molecular weight excluding hydrogens is 352 g/mol. The summed E-state index contributed by atoms with van der Waals surface area (Å²) >= 11 is 0. The summed E-state index contributed by atoms with van der Waals surface area (Å²) in [5.41, 5.74) is 9.42. The van der Waals surface area contributed by atoms with E-state index in [0.717, 1.165) is 30.8 Å². The number of nitrogens with one attached hydrogen (secondary N) is 3. The second kappa shape index (κ2) is 8.24. The fourth-order valence-electron chi connectivity index (χ4n) is 4.25. The van der Waals surface area contributed by atoms with E-state index >= 15 is 0 Å². The van der Waals surface area contributed by atoms with Gasteiger partial charge >= 0.3 is 0 Å². The summed E-state index contributed by atoms with van der Waals surface area (Å²) < 4.78 is 0. The van der Waals surface area contributed by atoms with Crippen molar-refractivity contribution in [2.45, 2.75) is 38.9 Å². The monoisotopic (exact) mass is 380 g/mol. The molecule has 0 radical (unpaired) electrons. The predicted molar refractivity (Wildman–Crippen MR) is 109 cm³/mol. The third-order valence-corrected chi connectivity index (χ3v) is 5.79. The second-order valence-electron chi connectivity index (χ2n) is 8.01. The number of pyridine rings is 2. The highest BCUT2D eigenvalue weighted by Gasteiger charge is 2.40. The van der Waals surface area contributed by atoms with E-state index in [-0.39, 0.29) is 5.91 Å². The third kappa shape index (κ3) is 4.00. The van der Waals surface area contributed by atoms with Crippen molar-refractivity contribution in [1.82, 2.24) is 26.1 Å². The zero-order chi connectivity index (χ0) is 19.5. The van der Waals surface area contributed by atoms with Crippen LogP contribution in [0.5, 0.6) is 0 Å². The van der Waals surface area contributed by atoms with Crippen molar-refractivity contribution in [3.05, 3.63) is 54.1 Å². The van der Waals surface area contributed by atoms with E-state index in [4.69, 9.17) is 0 Å². The number of amides is 1. The summed E-state index contributed by atoms with van der Waals surface area (Å²) in [6.07, 6.45) is 6.29. The molecular formula is C21H28N6O. The van der Waals surface area contributed by atoms with Gasteiger partial charge in [0.2, 0.25) is 0 Å². The summed E-state index contributed by atoms with van der Waals surface area (Å²) in [5, 5.41) is 2.92. The number of carbonyl (C=O) groups is 1. The lowest BCUT2D eigenvalue weighted by molar-refractivity contribution is 0.0946. The van der Waals surface area contributed by atoms with Crippen molar-refractivity contribution in [2.75, 3.05) is 18.0 Å². The van der Waals surface area contributed by atoms with Gasteiger partial charge in [0.05, 0.1) is 0 Å². The zero-order valence-electron chi connectivity index (χ0n) is 16.4. The van der Waals surface area contributed by atoms with Crippen LogP contribution in [0.4, 0.5) is 5.69 Å². The molecule has 0 aromatic carbocycles. The van der Waals surface area contributed by atoms with Crippen LogP contribution in [-0.4, -0.2) is 41.0 Å². The number of hydrogen-bond acceptors (Lipinski definition) is 6. The minimum Gasteiger partial charge on any atom is -0.371 e. The first-order valence-corrected chi connectivity index (χ1v) is 10.0. The first-order chi connectivity index (χ1) is 13.6. The van der Waals surface area contributed by atoms with Gasteiger partial charge in [-0.3, -0.25) is 25.6 Å². The molecule has 2 saturated heterocycles. The molecule has 2 fully saturated rings. The average Bonchev–Trinajstić information content (AvgIpc) is 3.16. The van der Waals surface area contributed by atoms with Gasteiger partial charge in [0, 0.05) is 61.9 Å². The lowest BCUT2D eigenvalue weighted by Gasteiger charge is -2.38. The molecule has 2 aliphatic heterocycles. The summed E-state index contributed by atoms with van der Waals surface area (Å²) in [5.74, 6) is 0.975. The molecule has 7 nitrogen and oxygen atoms in total. The van der Waals surface area contributed by atoms with Gasteiger partial charge in [-0.1, -0.05) is 19.9 Å². The van der Waals surface area contributed by atoms with Crippen molar-refractivity contribution < 1.29 is 4.79 Å². The number of piperidine rings is 1. The number of aromatic nitrogens is 2. The predicted octanol–water partition coefficient (Wildman–Crippen LogP) is 1.73. The second-order valence-corrected chi connectivity index (χ2v) is 8.01. The highest BCUT2D eigenvalue weighted by molar-refractivity contribution is 5.93. The fourth-order valence-corrected chi connectivity index (χ4v) is 4.25. The first kappa shape index (κ1) is 18.8. The van der Waals surface area contributed by atoms with Gasteiger partial charge in [0.15, 0.2) is 0 Å². The molecule has 3 unspecified atom stereocenters. The normalized spacial score (nSPS) is 24.2. The van der Waals surface area contributed by atoms with Crippen LogP contribution in [0, 0.1) is 11.8 Å². The lowest BCUT2D eigenvalue weighted by Crippen LogP contribution is -2.47. The Kier molecular flexibility index (Phi) is 5.54. The van der Waals surface area contributed by atoms with E-state index in [1.54, 1.807) is 18.6 Å². The molecule has 7 heteroatoms. The Hall–Kier alpha value is -2.51. The number of hydrazine groups is 1. The topological polar surface area (TPSA) is 82.2 Å². The highest BCUT2D eigenvalue weighted by atomic mass is 16.1. The molecule has 0 spiro atoms. The molecule has 2 aromatic rings. The number of rotatable bonds is 5. The Balaban J connectivity index is 1.42. The van der Waals surface area contributed by atoms with Crippen LogP contribution in [0.1, 0.15) is 36.3 Å². The van der Waals surface area contributed by atoms with E-state index in [1.807, 2.05) is 24.3 Å². The molecule has 3 atom stereocenters. The van der Waals surface area contributed by atoms with Crippen LogP contribution >= 0.6 is 0 Å². The Labute approximate surface area is 165 Å². The third-order valence-electron chi connectivity index (χ3n) is 5.79. The zero-order valence-corrected chi connectivity index (χ0v) is 16.4. The van der Waals surface area contributed by atoms with Crippen molar-refractivity contribution in [2.24, 2.45) is 11.8 Å². The lowest BCUT2D eigenvalue weighted by atomic mass is 9.83. The smallest absolute Gasteiger partial charge is 0.270 e. The van der Waals surface area contributed by atoms with Crippen LogP contribution in [-0.2, 0) is 6.54 Å². The molecule has 3 N–H and O–H groups in total. The maximum Gasteiger partial charge on any atom is 0.270 e. The van der Waals surface area contributed by atoms with Crippen LogP contribution in [0.25, 0.3) is 0 Å². The molecule has 0 bridgehead atoms. The van der Waals surface area contributed by atoms with Crippen molar-refractivity contribution in [3.63, 3.8) is 0 Å². The van der Waals surface area contributed by atoms with Crippen molar-refractivity contribution in [1.29, 1.82) is 0 Å². The fraction of sp³-hybridized carbons (Fsp3) is 0.476. The minimum atomic E-state index is -0.162. The first-order valence-electron chi connectivity index (χ1n) is 10.0. The van der Waals surface area contributed by atoms with Crippen molar-refractivity contribution >= 4 is 11.6 Å². The molecule has 0 saturated carbocycles. The van der Waals surface area contributed by atoms with Crippen LogP contribution in [0.2, 0.25) is 0 Å². The van der Waals surface area contributed by atoms with E-state index in [9.17, 15) is 4.79 Å². The summed E-state index contributed by atoms with van der Waals surface area (Å²) in [6.45, 7) is 6.92. The molecule has 2 aromatic heterocycles. The highest BCUT2D eigenvalue weighted by Crippen LogP contribution is 2.30. The maximum atomic E-state index is 12.5. The summed E-state index contributed by atoms with van der Waals surface area (Å²) in [6, 6.07) is 8.69. The molecule has 4 rings (SSSR count). The van der Waals surface area contributed by atoms with Gasteiger partial charge < -0.3 is 10.2 Å². The number of fused-ring (bicyclic) bond motifs is 1. The van der Waals surface area contributed by atoms with Crippen LogP contribution in [0.3, 0.4) is 0 Å². The quantitative estimate of drug-likeness (QED) is 0.733. The standard InChI is InChI=1S/C21H28N6O/c1-14(2)20-17-13-27(9-6-18(17)25-26-20)16-5-8-23-19(10-16)21(28)24-12-15-4-3-7-22-11-15/h3-5,7-8,10-11,14,17-18,20,25-26H,6,9,12-13H2,1-2H3,(H,24,28). The SMILES string of the molecule is CC(C)C1NNC2CCN(c3ccnc(C(=O)NCc4cccnc4)c3)CC21. The molecule has 1 amide bonds. The molecule has 4 heterocycles. The summed E-state index contributed by atoms with van der Waals surface area (Å²) in [4.78, 5) is 23.3. The van der Waals surface area contributed by atoms with Gasteiger partial charge in [-0.25, -0.2) is 0 Å². The largest absolute Gasteiger partial charge is 0.371 e. The van der Waals surface area contributed by atoms with E-state index < -0.39 is 0 Å². The Morgan fingerprint density at radius 2 is 2.21 bits per heavy atom. The van der Waals surface area contributed by atoms with Crippen molar-refractivity contribution in [3.8, 4) is 0 Å². The van der Waals surface area contributed by atoms with E-state index in [1.165, 1.54) is 0 Å². The molecule has 28 heavy (non-hydrogen) atoms. The van der Waals surface area contributed by atoms with Crippen LogP contribution < -0.4 is 21.1 Å². The van der Waals surface area contributed by atoms with Gasteiger partial charge in [-0.05, 0) is 36.1 Å².